The summed E-state index contributed by atoms with van der Waals surface area (Å²) in [5.41, 5.74) is 0.482. The summed E-state index contributed by atoms with van der Waals surface area (Å²) in [5, 5.41) is 8.86. The molecule has 1 aromatic heterocycles. The van der Waals surface area contributed by atoms with Crippen molar-refractivity contribution in [1.29, 1.82) is 5.26 Å². The van der Waals surface area contributed by atoms with Gasteiger partial charge in [-0.25, -0.2) is 13.2 Å². The Morgan fingerprint density at radius 3 is 2.41 bits per heavy atom. The molecule has 0 spiro atoms. The second-order valence-electron chi connectivity index (χ2n) is 3.19. The summed E-state index contributed by atoms with van der Waals surface area (Å²) in [4.78, 5) is -0.355. The Bertz CT molecular complexity index is 569. The van der Waals surface area contributed by atoms with Crippen LogP contribution in [0.4, 0.5) is 13.2 Å². The minimum atomic E-state index is -2.73. The third kappa shape index (κ3) is 2.15. The van der Waals surface area contributed by atoms with E-state index in [1.54, 1.807) is 6.07 Å². The Labute approximate surface area is 99.1 Å². The fourth-order valence-electron chi connectivity index (χ4n) is 1.36. The van der Waals surface area contributed by atoms with Crippen LogP contribution in [0.2, 0.25) is 0 Å². The van der Waals surface area contributed by atoms with Crippen molar-refractivity contribution in [3.63, 3.8) is 0 Å². The van der Waals surface area contributed by atoms with E-state index in [1.165, 1.54) is 24.3 Å². The van der Waals surface area contributed by atoms with Crippen LogP contribution in [0.1, 0.15) is 16.9 Å². The number of hydrogen-bond donors (Lipinski definition) is 0. The van der Waals surface area contributed by atoms with E-state index >= 15 is 0 Å². The minimum Gasteiger partial charge on any atom is -0.207 e. The van der Waals surface area contributed by atoms with Crippen LogP contribution in [0.25, 0.3) is 11.3 Å². The van der Waals surface area contributed by atoms with Gasteiger partial charge in [0.15, 0.2) is 0 Å². The molecule has 0 unspecified atom stereocenters. The largest absolute Gasteiger partial charge is 0.275 e. The molecule has 1 heterocycles. The molecule has 0 saturated heterocycles. The van der Waals surface area contributed by atoms with Crippen molar-refractivity contribution in [3.8, 4) is 17.3 Å². The molecule has 2 aromatic rings. The quantitative estimate of drug-likeness (QED) is 0.818. The van der Waals surface area contributed by atoms with Crippen molar-refractivity contribution in [2.45, 2.75) is 6.43 Å². The molecule has 86 valence electrons. The van der Waals surface area contributed by atoms with Crippen LogP contribution in [-0.2, 0) is 0 Å². The molecule has 2 nitrogen and oxygen atoms in total. The first-order valence-electron chi connectivity index (χ1n) is 4.57. The highest BCUT2D eigenvalue weighted by molar-refractivity contribution is 7.06. The lowest BCUT2D eigenvalue weighted by molar-refractivity contribution is 0.155. The van der Waals surface area contributed by atoms with Gasteiger partial charge in [0, 0.05) is 5.56 Å². The van der Waals surface area contributed by atoms with Crippen LogP contribution in [0.5, 0.6) is 0 Å². The van der Waals surface area contributed by atoms with E-state index in [4.69, 9.17) is 5.26 Å². The number of nitrogens with zero attached hydrogens (tertiary/aromatic N) is 2. The molecule has 0 saturated carbocycles. The topological polar surface area (TPSA) is 36.7 Å². The van der Waals surface area contributed by atoms with E-state index < -0.39 is 12.2 Å². The van der Waals surface area contributed by atoms with Gasteiger partial charge in [-0.15, -0.1) is 0 Å². The highest BCUT2D eigenvalue weighted by atomic mass is 32.1. The van der Waals surface area contributed by atoms with Crippen LogP contribution in [0.3, 0.4) is 0 Å². The maximum atomic E-state index is 12.7. The third-order valence-electron chi connectivity index (χ3n) is 2.15. The van der Waals surface area contributed by atoms with E-state index in [9.17, 15) is 13.2 Å². The molecule has 1 aromatic carbocycles. The Morgan fingerprint density at radius 1 is 1.24 bits per heavy atom. The second-order valence-corrected chi connectivity index (χ2v) is 3.99. The fraction of sp³-hybridized carbons (Fsp3) is 0.0909. The van der Waals surface area contributed by atoms with Crippen LogP contribution >= 0.6 is 11.5 Å². The maximum absolute atomic E-state index is 12.7. The van der Waals surface area contributed by atoms with Crippen LogP contribution in [0.15, 0.2) is 24.3 Å². The van der Waals surface area contributed by atoms with Gasteiger partial charge in [-0.05, 0) is 35.8 Å². The maximum Gasteiger partial charge on any atom is 0.275 e. The lowest BCUT2D eigenvalue weighted by atomic mass is 10.1. The van der Waals surface area contributed by atoms with Crippen molar-refractivity contribution in [2.75, 3.05) is 0 Å². The summed E-state index contributed by atoms with van der Waals surface area (Å²) in [6, 6.07) is 6.90. The zero-order chi connectivity index (χ0) is 12.4. The van der Waals surface area contributed by atoms with Gasteiger partial charge >= 0.3 is 0 Å². The molecule has 0 aliphatic heterocycles. The molecular formula is C11H5F3N2S. The minimum absolute atomic E-state index is 0.142. The first-order chi connectivity index (χ1) is 8.13. The van der Waals surface area contributed by atoms with Gasteiger partial charge in [0.2, 0.25) is 0 Å². The molecule has 0 N–H and O–H groups in total. The summed E-state index contributed by atoms with van der Waals surface area (Å²) in [6.07, 6.45) is -2.73. The smallest absolute Gasteiger partial charge is 0.207 e. The lowest BCUT2D eigenvalue weighted by Crippen LogP contribution is -1.86. The molecule has 0 bridgehead atoms. The molecule has 0 amide bonds. The molecule has 0 fully saturated rings. The van der Waals surface area contributed by atoms with Crippen LogP contribution in [0, 0.1) is 17.1 Å². The van der Waals surface area contributed by atoms with Crippen molar-refractivity contribution in [2.24, 2.45) is 0 Å². The van der Waals surface area contributed by atoms with Crippen molar-refractivity contribution >= 4 is 11.5 Å². The molecular weight excluding hydrogens is 249 g/mol. The van der Waals surface area contributed by atoms with Gasteiger partial charge in [-0.1, -0.05) is 0 Å². The Balaban J connectivity index is 2.53. The van der Waals surface area contributed by atoms with E-state index in [-0.39, 0.29) is 16.1 Å². The molecule has 2 rings (SSSR count). The zero-order valence-corrected chi connectivity index (χ0v) is 9.14. The molecule has 0 radical (unpaired) electrons. The summed E-state index contributed by atoms with van der Waals surface area (Å²) in [7, 11) is 0. The predicted molar refractivity (Wildman–Crippen MR) is 57.2 cm³/mol. The SMILES string of the molecule is N#Cc1c(-c2ccc(F)cc2)nsc1C(F)F. The second kappa shape index (κ2) is 4.55. The molecule has 0 aliphatic carbocycles. The van der Waals surface area contributed by atoms with Gasteiger partial charge in [0.05, 0.1) is 5.56 Å². The van der Waals surface area contributed by atoms with Gasteiger partial charge < -0.3 is 0 Å². The van der Waals surface area contributed by atoms with E-state index in [1.807, 2.05) is 0 Å². The molecule has 17 heavy (non-hydrogen) atoms. The summed E-state index contributed by atoms with van der Waals surface area (Å²) in [5.74, 6) is -0.434. The number of hydrogen-bond acceptors (Lipinski definition) is 3. The highest BCUT2D eigenvalue weighted by Gasteiger charge is 2.21. The van der Waals surface area contributed by atoms with Gasteiger partial charge in [-0.3, -0.25) is 0 Å². The number of nitriles is 1. The number of benzene rings is 1. The van der Waals surface area contributed by atoms with Crippen LogP contribution in [-0.4, -0.2) is 4.37 Å². The van der Waals surface area contributed by atoms with E-state index in [0.717, 1.165) is 0 Å². The molecule has 0 atom stereocenters. The average molecular weight is 254 g/mol. The van der Waals surface area contributed by atoms with Crippen molar-refractivity contribution < 1.29 is 13.2 Å². The number of halogens is 3. The third-order valence-corrected chi connectivity index (χ3v) is 3.00. The average Bonchev–Trinajstić information content (AvgIpc) is 2.73. The molecule has 6 heteroatoms. The zero-order valence-electron chi connectivity index (χ0n) is 8.32. The fourth-order valence-corrected chi connectivity index (χ4v) is 2.06. The highest BCUT2D eigenvalue weighted by Crippen LogP contribution is 2.33. The Morgan fingerprint density at radius 2 is 1.88 bits per heavy atom. The van der Waals surface area contributed by atoms with E-state index in [0.29, 0.717) is 17.1 Å². The summed E-state index contributed by atoms with van der Waals surface area (Å²) >= 11 is 0.592. The van der Waals surface area contributed by atoms with E-state index in [2.05, 4.69) is 4.37 Å². The van der Waals surface area contributed by atoms with Crippen molar-refractivity contribution in [1.82, 2.24) is 4.37 Å². The van der Waals surface area contributed by atoms with Gasteiger partial charge in [0.1, 0.15) is 22.5 Å². The first kappa shape index (κ1) is 11.6. The Kier molecular flexibility index (Phi) is 3.11. The lowest BCUT2D eigenvalue weighted by Gasteiger charge is -1.98. The van der Waals surface area contributed by atoms with Gasteiger partial charge in [0.25, 0.3) is 6.43 Å². The predicted octanol–water partition coefficient (Wildman–Crippen LogP) is 3.76. The normalized spacial score (nSPS) is 10.5. The summed E-state index contributed by atoms with van der Waals surface area (Å²) in [6.45, 7) is 0. The van der Waals surface area contributed by atoms with Gasteiger partial charge in [-0.2, -0.15) is 9.64 Å². The summed E-state index contributed by atoms with van der Waals surface area (Å²) < 4.78 is 41.7. The number of aromatic nitrogens is 1. The number of rotatable bonds is 2. The molecule has 0 aliphatic rings. The first-order valence-corrected chi connectivity index (χ1v) is 5.34. The van der Waals surface area contributed by atoms with Crippen molar-refractivity contribution in [3.05, 3.63) is 40.5 Å². The van der Waals surface area contributed by atoms with Crippen LogP contribution < -0.4 is 0 Å². The number of alkyl halides is 2. The Hall–Kier alpha value is -1.87. The monoisotopic (exact) mass is 254 g/mol. The standard InChI is InChI=1S/C11H5F3N2S/c12-7-3-1-6(2-4-7)9-8(5-15)10(11(13)14)17-16-9/h1-4,11H.